The lowest BCUT2D eigenvalue weighted by molar-refractivity contribution is 1.03. The Morgan fingerprint density at radius 3 is 1.18 bits per heavy atom. The van der Waals surface area contributed by atoms with Crippen LogP contribution in [0, 0.1) is 0 Å². The van der Waals surface area contributed by atoms with Gasteiger partial charge in [-0.05, 0) is 54.6 Å². The second-order valence-corrected chi connectivity index (χ2v) is 6.51. The molecule has 7 nitrogen and oxygen atoms in total. The number of hydrogen-bond acceptors (Lipinski definition) is 4. The van der Waals surface area contributed by atoms with Crippen molar-refractivity contribution in [1.82, 2.24) is 28.2 Å². The summed E-state index contributed by atoms with van der Waals surface area (Å²) in [4.78, 5) is 16.4. The maximum absolute atomic E-state index is 4.82. The van der Waals surface area contributed by atoms with Crippen molar-refractivity contribution < 1.29 is 0 Å². The van der Waals surface area contributed by atoms with Gasteiger partial charge in [0, 0.05) is 37.2 Å². The maximum atomic E-state index is 4.82. The van der Waals surface area contributed by atoms with Gasteiger partial charge in [0.1, 0.15) is 34.4 Å². The second kappa shape index (κ2) is 5.68. The summed E-state index contributed by atoms with van der Waals surface area (Å²) < 4.78 is 5.94. The van der Waals surface area contributed by atoms with E-state index in [9.17, 15) is 0 Å². The van der Waals surface area contributed by atoms with Gasteiger partial charge in [0.05, 0.1) is 0 Å². The lowest BCUT2D eigenvalue weighted by Crippen LogP contribution is -2.15. The number of hydrogen-bond donors (Lipinski definition) is 0. The summed E-state index contributed by atoms with van der Waals surface area (Å²) in [5, 5.41) is 0. The number of fused-ring (bicyclic) bond motifs is 3. The van der Waals surface area contributed by atoms with E-state index >= 15 is 0 Å². The average molecular weight is 365 g/mol. The van der Waals surface area contributed by atoms with Crippen molar-refractivity contribution in [1.29, 1.82) is 0 Å². The molecule has 6 heterocycles. The van der Waals surface area contributed by atoms with Crippen molar-refractivity contribution in [3.05, 3.63) is 91.8 Å². The molecular weight excluding hydrogens is 350 g/mol. The van der Waals surface area contributed by atoms with Crippen LogP contribution in [0.2, 0.25) is 0 Å². The van der Waals surface area contributed by atoms with E-state index in [1.165, 1.54) is 0 Å². The van der Waals surface area contributed by atoms with E-state index in [-0.39, 0.29) is 0 Å². The van der Waals surface area contributed by atoms with Gasteiger partial charge in [0.2, 0.25) is 0 Å². The molecule has 0 saturated carbocycles. The first kappa shape index (κ1) is 15.0. The quantitative estimate of drug-likeness (QED) is 0.474. The molecule has 0 unspecified atom stereocenters. The first-order valence-electron chi connectivity index (χ1n) is 8.96. The predicted octanol–water partition coefficient (Wildman–Crippen LogP) is 4.10. The molecule has 0 aliphatic carbocycles. The molecule has 0 aliphatic rings. The van der Waals surface area contributed by atoms with E-state index in [0.717, 1.165) is 34.4 Å². The highest BCUT2D eigenvalue weighted by Crippen LogP contribution is 2.31. The highest BCUT2D eigenvalue weighted by atomic mass is 15.3. The average Bonchev–Trinajstić information content (AvgIpc) is 3.47. The fraction of sp³-hybridized carbons (Fsp3) is 0. The number of aromatic nitrogens is 6. The summed E-state index contributed by atoms with van der Waals surface area (Å²) in [5.41, 5.74) is 2.61. The first-order valence-corrected chi connectivity index (χ1v) is 8.96. The molecule has 0 bridgehead atoms. The van der Waals surface area contributed by atoms with Crippen LogP contribution in [0.25, 0.3) is 16.9 Å². The van der Waals surface area contributed by atoms with Gasteiger partial charge < -0.3 is 13.2 Å². The van der Waals surface area contributed by atoms with E-state index in [1.54, 1.807) is 0 Å². The molecule has 0 atom stereocenters. The maximum Gasteiger partial charge on any atom is 0.143 e. The smallest absolute Gasteiger partial charge is 0.143 e. The Morgan fingerprint density at radius 2 is 0.821 bits per heavy atom. The molecule has 0 N–H and O–H groups in total. The highest BCUT2D eigenvalue weighted by molar-refractivity contribution is 5.72. The number of anilines is 3. The first-order chi connectivity index (χ1) is 13.8. The van der Waals surface area contributed by atoms with Crippen LogP contribution < -0.4 is 4.90 Å². The molecule has 6 aromatic heterocycles. The van der Waals surface area contributed by atoms with Gasteiger partial charge in [-0.25, -0.2) is 15.0 Å². The monoisotopic (exact) mass is 365 g/mol. The van der Waals surface area contributed by atoms with Crippen LogP contribution in [0.15, 0.2) is 91.8 Å². The van der Waals surface area contributed by atoms with E-state index < -0.39 is 0 Å². The minimum absolute atomic E-state index is 0.762. The summed E-state index contributed by atoms with van der Waals surface area (Å²) in [6, 6.07) is 17.8. The van der Waals surface area contributed by atoms with Crippen molar-refractivity contribution in [2.45, 2.75) is 0 Å². The van der Waals surface area contributed by atoms with E-state index in [2.05, 4.69) is 0 Å². The van der Waals surface area contributed by atoms with Crippen LogP contribution in [0.3, 0.4) is 0 Å². The van der Waals surface area contributed by atoms with Crippen LogP contribution >= 0.6 is 0 Å². The highest BCUT2D eigenvalue weighted by Gasteiger charge is 2.18. The molecule has 7 heteroatoms. The molecule has 6 rings (SSSR count). The third kappa shape index (κ3) is 2.26. The summed E-state index contributed by atoms with van der Waals surface area (Å²) in [6.07, 6.45) is 11.9. The SMILES string of the molecule is c1cc2nc(N(c3ccn4cccc4n3)c3ccn4cccc4n3)ccn2c1. The number of nitrogens with zero attached hydrogens (tertiary/aromatic N) is 7. The summed E-state index contributed by atoms with van der Waals surface area (Å²) in [6.45, 7) is 0. The third-order valence-corrected chi connectivity index (χ3v) is 4.80. The van der Waals surface area contributed by atoms with Crippen LogP contribution in [-0.4, -0.2) is 28.2 Å². The van der Waals surface area contributed by atoms with Gasteiger partial charge in [-0.3, -0.25) is 4.90 Å². The van der Waals surface area contributed by atoms with Gasteiger partial charge >= 0.3 is 0 Å². The van der Waals surface area contributed by atoms with E-state index in [4.69, 9.17) is 15.0 Å². The van der Waals surface area contributed by atoms with Crippen LogP contribution in [0.5, 0.6) is 0 Å². The largest absolute Gasteiger partial charge is 0.308 e. The molecule has 0 radical (unpaired) electrons. The molecule has 0 saturated heterocycles. The molecule has 0 spiro atoms. The molecule has 0 amide bonds. The third-order valence-electron chi connectivity index (χ3n) is 4.80. The topological polar surface area (TPSA) is 55.1 Å². The van der Waals surface area contributed by atoms with Crippen molar-refractivity contribution in [3.8, 4) is 0 Å². The zero-order valence-electron chi connectivity index (χ0n) is 14.8. The lowest BCUT2D eigenvalue weighted by Gasteiger charge is -2.22. The van der Waals surface area contributed by atoms with Crippen molar-refractivity contribution in [2.75, 3.05) is 4.90 Å². The summed E-state index contributed by atoms with van der Waals surface area (Å²) in [5.74, 6) is 2.29. The Balaban J connectivity index is 1.59. The van der Waals surface area contributed by atoms with Crippen LogP contribution in [0.4, 0.5) is 17.5 Å². The lowest BCUT2D eigenvalue weighted by atomic mass is 10.4. The zero-order chi connectivity index (χ0) is 18.5. The standard InChI is InChI=1S/C21H15N7/c1-4-16-22-19(7-13-25(16)10-1)28(20-8-14-26-11-2-5-17(26)23-20)21-9-15-27-12-3-6-18(27)24-21/h1-15H. The van der Waals surface area contributed by atoms with Crippen molar-refractivity contribution in [3.63, 3.8) is 0 Å². The normalized spacial score (nSPS) is 11.6. The Kier molecular flexibility index (Phi) is 3.04. The minimum Gasteiger partial charge on any atom is -0.308 e. The fourth-order valence-corrected chi connectivity index (χ4v) is 3.45. The Labute approximate surface area is 159 Å². The molecule has 134 valence electrons. The molecular formula is C21H15N7. The minimum atomic E-state index is 0.762. The molecule has 28 heavy (non-hydrogen) atoms. The van der Waals surface area contributed by atoms with E-state index in [1.807, 2.05) is 110 Å². The van der Waals surface area contributed by atoms with Gasteiger partial charge in [-0.1, -0.05) is 0 Å². The van der Waals surface area contributed by atoms with Gasteiger partial charge in [-0.2, -0.15) is 0 Å². The Hall–Kier alpha value is -4.13. The predicted molar refractivity (Wildman–Crippen MR) is 107 cm³/mol. The number of rotatable bonds is 3. The van der Waals surface area contributed by atoms with Gasteiger partial charge in [0.25, 0.3) is 0 Å². The Morgan fingerprint density at radius 1 is 0.464 bits per heavy atom. The fourth-order valence-electron chi connectivity index (χ4n) is 3.45. The van der Waals surface area contributed by atoms with E-state index in [0.29, 0.717) is 0 Å². The zero-order valence-corrected chi connectivity index (χ0v) is 14.8. The van der Waals surface area contributed by atoms with Gasteiger partial charge in [-0.15, -0.1) is 0 Å². The van der Waals surface area contributed by atoms with Crippen molar-refractivity contribution in [2.24, 2.45) is 0 Å². The molecule has 6 aromatic rings. The Bertz CT molecular complexity index is 1260. The van der Waals surface area contributed by atoms with Crippen molar-refractivity contribution >= 4 is 34.4 Å². The molecule has 0 fully saturated rings. The summed E-state index contributed by atoms with van der Waals surface area (Å²) in [7, 11) is 0. The molecule has 0 aromatic carbocycles. The van der Waals surface area contributed by atoms with Crippen LogP contribution in [-0.2, 0) is 0 Å². The summed E-state index contributed by atoms with van der Waals surface area (Å²) >= 11 is 0. The molecule has 0 aliphatic heterocycles. The second-order valence-electron chi connectivity index (χ2n) is 6.51. The van der Waals surface area contributed by atoms with Gasteiger partial charge in [0.15, 0.2) is 0 Å². The van der Waals surface area contributed by atoms with Crippen LogP contribution in [0.1, 0.15) is 0 Å².